The van der Waals surface area contributed by atoms with Gasteiger partial charge in [0, 0.05) is 5.57 Å². The zero-order valence-corrected chi connectivity index (χ0v) is 18.7. The second-order valence-corrected chi connectivity index (χ2v) is 6.16. The molecule has 0 aliphatic rings. The predicted octanol–water partition coefficient (Wildman–Crippen LogP) is 2.66. The number of ether oxygens (including phenoxy) is 6. The van der Waals surface area contributed by atoms with E-state index >= 15 is 0 Å². The third-order valence-corrected chi connectivity index (χ3v) is 4.40. The Morgan fingerprint density at radius 3 is 1.81 bits per heavy atom. The van der Waals surface area contributed by atoms with Crippen LogP contribution in [0.4, 0.5) is 4.79 Å². The summed E-state index contributed by atoms with van der Waals surface area (Å²) in [5, 5.41) is 0. The lowest BCUT2D eigenvalue weighted by Gasteiger charge is -2.15. The Morgan fingerprint density at radius 2 is 1.31 bits per heavy atom. The molecule has 32 heavy (non-hydrogen) atoms. The van der Waals surface area contributed by atoms with E-state index in [1.165, 1.54) is 42.7 Å². The van der Waals surface area contributed by atoms with Gasteiger partial charge in [0.15, 0.2) is 23.0 Å². The molecular formula is C22H26N2O8. The van der Waals surface area contributed by atoms with Crippen LogP contribution in [0.5, 0.6) is 28.7 Å². The van der Waals surface area contributed by atoms with Gasteiger partial charge < -0.3 is 28.4 Å². The van der Waals surface area contributed by atoms with Crippen LogP contribution in [0.15, 0.2) is 30.3 Å². The van der Waals surface area contributed by atoms with Crippen molar-refractivity contribution in [1.82, 2.24) is 10.9 Å². The van der Waals surface area contributed by atoms with Crippen molar-refractivity contribution in [1.29, 1.82) is 0 Å². The summed E-state index contributed by atoms with van der Waals surface area (Å²) in [6, 6.07) is 8.35. The predicted molar refractivity (Wildman–Crippen MR) is 117 cm³/mol. The largest absolute Gasteiger partial charge is 0.493 e. The van der Waals surface area contributed by atoms with Gasteiger partial charge >= 0.3 is 6.09 Å². The average Bonchev–Trinajstić information content (AvgIpc) is 2.84. The molecular weight excluding hydrogens is 420 g/mol. The second-order valence-electron chi connectivity index (χ2n) is 6.16. The van der Waals surface area contributed by atoms with Crippen LogP contribution >= 0.6 is 0 Å². The van der Waals surface area contributed by atoms with E-state index in [2.05, 4.69) is 15.6 Å². The molecule has 0 bridgehead atoms. The summed E-state index contributed by atoms with van der Waals surface area (Å²) in [5.41, 5.74) is 5.75. The normalized spacial score (nSPS) is 10.6. The van der Waals surface area contributed by atoms with Gasteiger partial charge in [-0.1, -0.05) is 6.07 Å². The fourth-order valence-corrected chi connectivity index (χ4v) is 2.86. The van der Waals surface area contributed by atoms with E-state index in [1.54, 1.807) is 36.4 Å². The Labute approximate surface area is 186 Å². The first kappa shape index (κ1) is 24.2. The van der Waals surface area contributed by atoms with Crippen LogP contribution < -0.4 is 34.5 Å². The minimum Gasteiger partial charge on any atom is -0.493 e. The number of carbonyl (C=O) groups excluding carboxylic acids is 2. The first-order valence-electron chi connectivity index (χ1n) is 9.30. The topological polar surface area (TPSA) is 114 Å². The Bertz CT molecular complexity index is 978. The molecule has 2 aromatic rings. The van der Waals surface area contributed by atoms with Crippen LogP contribution in [0.2, 0.25) is 0 Å². The minimum absolute atomic E-state index is 0.205. The summed E-state index contributed by atoms with van der Waals surface area (Å²) in [6.45, 7) is 0. The lowest BCUT2D eigenvalue weighted by atomic mass is 10.0. The number of benzene rings is 2. The molecule has 10 heteroatoms. The highest BCUT2D eigenvalue weighted by atomic mass is 16.5. The van der Waals surface area contributed by atoms with E-state index in [-0.39, 0.29) is 5.57 Å². The van der Waals surface area contributed by atoms with E-state index < -0.39 is 12.0 Å². The third kappa shape index (κ3) is 5.54. The van der Waals surface area contributed by atoms with E-state index in [9.17, 15) is 9.59 Å². The first-order chi connectivity index (χ1) is 15.4. The highest BCUT2D eigenvalue weighted by molar-refractivity contribution is 6.24. The Kier molecular flexibility index (Phi) is 8.58. The molecule has 0 aliphatic heterocycles. The maximum Gasteiger partial charge on any atom is 0.425 e. The summed E-state index contributed by atoms with van der Waals surface area (Å²) in [6.07, 6.45) is 0.776. The SMILES string of the molecule is COC(=O)NNC(=O)/C(=C/c1cc(OC)c(OC)c(OC)c1)c1ccc(OC)c(OC)c1. The quantitative estimate of drug-likeness (QED) is 0.362. The van der Waals surface area contributed by atoms with Crippen LogP contribution in [0, 0.1) is 0 Å². The van der Waals surface area contributed by atoms with Gasteiger partial charge in [0.25, 0.3) is 5.91 Å². The molecule has 2 rings (SSSR count). The summed E-state index contributed by atoms with van der Waals surface area (Å²) in [7, 11) is 8.67. The maximum atomic E-state index is 12.9. The van der Waals surface area contributed by atoms with Gasteiger partial charge in [0.2, 0.25) is 5.75 Å². The number of nitrogens with one attached hydrogen (secondary N) is 2. The molecule has 0 aromatic heterocycles. The summed E-state index contributed by atoms with van der Waals surface area (Å²) in [5.74, 6) is 1.56. The lowest BCUT2D eigenvalue weighted by Crippen LogP contribution is -2.41. The number of rotatable bonds is 8. The van der Waals surface area contributed by atoms with Crippen molar-refractivity contribution in [3.05, 3.63) is 41.5 Å². The van der Waals surface area contributed by atoms with Crippen molar-refractivity contribution in [2.75, 3.05) is 42.7 Å². The summed E-state index contributed by atoms with van der Waals surface area (Å²) >= 11 is 0. The average molecular weight is 446 g/mol. The zero-order valence-electron chi connectivity index (χ0n) is 18.7. The molecule has 0 unspecified atom stereocenters. The van der Waals surface area contributed by atoms with E-state index in [4.69, 9.17) is 23.7 Å². The van der Waals surface area contributed by atoms with Gasteiger partial charge in [-0.3, -0.25) is 10.2 Å². The van der Waals surface area contributed by atoms with Crippen molar-refractivity contribution in [2.45, 2.75) is 0 Å². The van der Waals surface area contributed by atoms with Crippen LogP contribution in [0.1, 0.15) is 11.1 Å². The Hall–Kier alpha value is -4.08. The number of amides is 2. The molecule has 2 amide bonds. The van der Waals surface area contributed by atoms with Gasteiger partial charge in [0.1, 0.15) is 0 Å². The Balaban J connectivity index is 2.62. The van der Waals surface area contributed by atoms with Crippen LogP contribution in [0.25, 0.3) is 11.6 Å². The van der Waals surface area contributed by atoms with E-state index in [0.29, 0.717) is 39.9 Å². The third-order valence-electron chi connectivity index (χ3n) is 4.40. The fraction of sp³-hybridized carbons (Fsp3) is 0.273. The molecule has 0 heterocycles. The smallest absolute Gasteiger partial charge is 0.425 e. The van der Waals surface area contributed by atoms with Crippen molar-refractivity contribution in [3.8, 4) is 28.7 Å². The van der Waals surface area contributed by atoms with Gasteiger partial charge in [-0.2, -0.15) is 0 Å². The van der Waals surface area contributed by atoms with Crippen molar-refractivity contribution in [3.63, 3.8) is 0 Å². The molecule has 10 nitrogen and oxygen atoms in total. The number of hydrogen-bond acceptors (Lipinski definition) is 8. The highest BCUT2D eigenvalue weighted by Crippen LogP contribution is 2.39. The van der Waals surface area contributed by atoms with Gasteiger partial charge in [-0.05, 0) is 41.5 Å². The number of hydrogen-bond donors (Lipinski definition) is 2. The Morgan fingerprint density at radius 1 is 0.719 bits per heavy atom. The van der Waals surface area contributed by atoms with Crippen molar-refractivity contribution in [2.24, 2.45) is 0 Å². The maximum absolute atomic E-state index is 12.9. The highest BCUT2D eigenvalue weighted by Gasteiger charge is 2.18. The van der Waals surface area contributed by atoms with Gasteiger partial charge in [0.05, 0.1) is 42.7 Å². The minimum atomic E-state index is -0.821. The summed E-state index contributed by atoms with van der Waals surface area (Å²) < 4.78 is 31.2. The van der Waals surface area contributed by atoms with Crippen LogP contribution in [0.3, 0.4) is 0 Å². The lowest BCUT2D eigenvalue weighted by molar-refractivity contribution is -0.116. The molecule has 0 spiro atoms. The molecule has 0 aliphatic carbocycles. The molecule has 2 N–H and O–H groups in total. The van der Waals surface area contributed by atoms with E-state index in [1.807, 2.05) is 0 Å². The molecule has 2 aromatic carbocycles. The fourth-order valence-electron chi connectivity index (χ4n) is 2.86. The molecule has 172 valence electrons. The summed E-state index contributed by atoms with van der Waals surface area (Å²) in [4.78, 5) is 24.3. The zero-order chi connectivity index (χ0) is 23.7. The second kappa shape index (κ2) is 11.3. The standard InChI is InChI=1S/C22H26N2O8/c1-27-16-8-7-14(12-17(16)28-2)15(21(25)23-24-22(26)32-6)9-13-10-18(29-3)20(31-5)19(11-13)30-4/h7-12H,1-6H3,(H,23,25)(H,24,26)/b15-9+. The molecule has 0 saturated heterocycles. The first-order valence-corrected chi connectivity index (χ1v) is 9.30. The van der Waals surface area contributed by atoms with Crippen LogP contribution in [-0.4, -0.2) is 54.7 Å². The van der Waals surface area contributed by atoms with Crippen LogP contribution in [-0.2, 0) is 9.53 Å². The van der Waals surface area contributed by atoms with Crippen molar-refractivity contribution >= 4 is 23.6 Å². The molecule has 0 fully saturated rings. The molecule has 0 atom stereocenters. The number of methoxy groups -OCH3 is 6. The van der Waals surface area contributed by atoms with Gasteiger partial charge in [-0.15, -0.1) is 0 Å². The number of carbonyl (C=O) groups is 2. The van der Waals surface area contributed by atoms with E-state index in [0.717, 1.165) is 0 Å². The monoisotopic (exact) mass is 446 g/mol. The van der Waals surface area contributed by atoms with Gasteiger partial charge in [-0.25, -0.2) is 10.2 Å². The molecule has 0 radical (unpaired) electrons. The molecule has 0 saturated carbocycles. The number of hydrazine groups is 1. The van der Waals surface area contributed by atoms with Crippen molar-refractivity contribution < 1.29 is 38.0 Å².